The lowest BCUT2D eigenvalue weighted by molar-refractivity contribution is 0.390. The molecule has 8 heteroatoms. The first kappa shape index (κ1) is 13.6. The van der Waals surface area contributed by atoms with Crippen molar-refractivity contribution < 1.29 is 9.47 Å². The Hall–Kier alpha value is -2.35. The van der Waals surface area contributed by atoms with Gasteiger partial charge in [0.1, 0.15) is 16.0 Å². The number of anilines is 1. The average molecular weight is 350 g/mol. The smallest absolute Gasteiger partial charge is 0.222 e. The summed E-state index contributed by atoms with van der Waals surface area (Å²) in [5.41, 5.74) is 7.75. The molecule has 1 aromatic carbocycles. The molecule has 0 radical (unpaired) electrons. The lowest BCUT2D eigenvalue weighted by Gasteiger charge is -2.13. The Morgan fingerprint density at radius 2 is 2.00 bits per heavy atom. The number of rotatable bonds is 3. The molecular formula is C13H12BrN5O2. The predicted octanol–water partition coefficient (Wildman–Crippen LogP) is 2.38. The van der Waals surface area contributed by atoms with Crippen LogP contribution >= 0.6 is 15.9 Å². The number of nitrogens with two attached hydrogens (primary N) is 1. The van der Waals surface area contributed by atoms with Gasteiger partial charge < -0.3 is 15.2 Å². The van der Waals surface area contributed by atoms with Gasteiger partial charge in [-0.1, -0.05) is 0 Å². The number of nitrogens with one attached hydrogen (secondary N) is 1. The molecule has 2 aromatic heterocycles. The molecule has 0 unspecified atom stereocenters. The molecule has 0 saturated carbocycles. The molecular weight excluding hydrogens is 338 g/mol. The monoisotopic (exact) mass is 349 g/mol. The normalized spacial score (nSPS) is 10.8. The highest BCUT2D eigenvalue weighted by Gasteiger charge is 2.18. The number of fused-ring (bicyclic) bond motifs is 1. The second kappa shape index (κ2) is 5.21. The maximum absolute atomic E-state index is 5.76. The van der Waals surface area contributed by atoms with Crippen molar-refractivity contribution in [2.24, 2.45) is 0 Å². The zero-order chi connectivity index (χ0) is 15.0. The lowest BCUT2D eigenvalue weighted by atomic mass is 10.1. The van der Waals surface area contributed by atoms with Crippen molar-refractivity contribution >= 4 is 32.9 Å². The topological polar surface area (TPSA) is 98.9 Å². The van der Waals surface area contributed by atoms with E-state index in [0.29, 0.717) is 27.3 Å². The maximum atomic E-state index is 5.76. The summed E-state index contributed by atoms with van der Waals surface area (Å²) < 4.78 is 11.5. The summed E-state index contributed by atoms with van der Waals surface area (Å²) in [5.74, 6) is 1.44. The molecule has 0 aliphatic rings. The van der Waals surface area contributed by atoms with E-state index in [1.807, 2.05) is 12.1 Å². The third-order valence-corrected chi connectivity index (χ3v) is 3.82. The van der Waals surface area contributed by atoms with Crippen LogP contribution in [0.2, 0.25) is 0 Å². The van der Waals surface area contributed by atoms with Crippen LogP contribution in [0.3, 0.4) is 0 Å². The van der Waals surface area contributed by atoms with Crippen LogP contribution in [0.25, 0.3) is 22.3 Å². The van der Waals surface area contributed by atoms with Gasteiger partial charge in [-0.15, -0.1) is 0 Å². The van der Waals surface area contributed by atoms with Gasteiger partial charge in [-0.05, 0) is 28.1 Å². The van der Waals surface area contributed by atoms with Crippen LogP contribution in [0.4, 0.5) is 5.95 Å². The molecule has 0 amide bonds. The molecule has 3 aromatic rings. The highest BCUT2D eigenvalue weighted by Crippen LogP contribution is 2.42. The third kappa shape index (κ3) is 2.17. The van der Waals surface area contributed by atoms with E-state index >= 15 is 0 Å². The van der Waals surface area contributed by atoms with Crippen molar-refractivity contribution in [2.45, 2.75) is 0 Å². The van der Waals surface area contributed by atoms with E-state index in [1.54, 1.807) is 20.4 Å². The van der Waals surface area contributed by atoms with E-state index in [-0.39, 0.29) is 5.95 Å². The van der Waals surface area contributed by atoms with Crippen LogP contribution in [0.15, 0.2) is 22.8 Å². The summed E-state index contributed by atoms with van der Waals surface area (Å²) >= 11 is 3.47. The number of H-pyrrole nitrogens is 1. The Kier molecular flexibility index (Phi) is 3.38. The fourth-order valence-electron chi connectivity index (χ4n) is 2.14. The van der Waals surface area contributed by atoms with Crippen molar-refractivity contribution in [1.29, 1.82) is 0 Å². The van der Waals surface area contributed by atoms with Crippen LogP contribution in [0.5, 0.6) is 11.5 Å². The minimum absolute atomic E-state index is 0.163. The van der Waals surface area contributed by atoms with Crippen molar-refractivity contribution in [3.05, 3.63) is 22.8 Å². The molecule has 2 heterocycles. The Morgan fingerprint density at radius 3 is 2.71 bits per heavy atom. The number of hydrogen-bond acceptors (Lipinski definition) is 6. The number of aromatic nitrogens is 4. The molecule has 7 nitrogen and oxygen atoms in total. The summed E-state index contributed by atoms with van der Waals surface area (Å²) in [4.78, 5) is 8.42. The summed E-state index contributed by atoms with van der Waals surface area (Å²) in [6.45, 7) is 0. The first-order chi connectivity index (χ1) is 10.2. The molecule has 0 saturated heterocycles. The molecule has 0 atom stereocenters. The average Bonchev–Trinajstić information content (AvgIpc) is 2.94. The Morgan fingerprint density at radius 1 is 1.19 bits per heavy atom. The number of aromatic amines is 1. The molecule has 3 rings (SSSR count). The molecule has 0 aliphatic carbocycles. The zero-order valence-corrected chi connectivity index (χ0v) is 12.9. The van der Waals surface area contributed by atoms with E-state index in [0.717, 1.165) is 10.9 Å². The number of nitrogens with zero attached hydrogens (tertiary/aromatic N) is 3. The van der Waals surface area contributed by atoms with Crippen LogP contribution in [-0.2, 0) is 0 Å². The van der Waals surface area contributed by atoms with Crippen molar-refractivity contribution in [3.8, 4) is 22.8 Å². The van der Waals surface area contributed by atoms with Gasteiger partial charge in [-0.2, -0.15) is 10.1 Å². The Balaban J connectivity index is 2.32. The SMILES string of the molecule is COc1ccc(-c2nc(N)nc3[nH]ncc23)c(OC)c1Br. The number of halogens is 1. The number of nitrogen functional groups attached to an aromatic ring is 1. The van der Waals surface area contributed by atoms with Gasteiger partial charge in [0.25, 0.3) is 0 Å². The van der Waals surface area contributed by atoms with E-state index in [4.69, 9.17) is 15.2 Å². The summed E-state index contributed by atoms with van der Waals surface area (Å²) in [6.07, 6.45) is 1.65. The van der Waals surface area contributed by atoms with Gasteiger partial charge in [0.05, 0.1) is 31.5 Å². The summed E-state index contributed by atoms with van der Waals surface area (Å²) in [5, 5.41) is 7.53. The van der Waals surface area contributed by atoms with Gasteiger partial charge in [-0.25, -0.2) is 4.98 Å². The second-order valence-corrected chi connectivity index (χ2v) is 5.02. The van der Waals surface area contributed by atoms with Gasteiger partial charge in [0.15, 0.2) is 5.65 Å². The standard InChI is InChI=1S/C13H12BrN5O2/c1-20-8-4-3-6(11(21-2)9(8)14)10-7-5-16-19-12(7)18-13(15)17-10/h3-5H,1-2H3,(H3,15,16,17,18,19). The predicted molar refractivity (Wildman–Crippen MR) is 82.3 cm³/mol. The van der Waals surface area contributed by atoms with Crippen molar-refractivity contribution in [2.75, 3.05) is 20.0 Å². The first-order valence-corrected chi connectivity index (χ1v) is 6.82. The Bertz CT molecular complexity index is 818. The van der Waals surface area contributed by atoms with E-state index in [1.165, 1.54) is 0 Å². The van der Waals surface area contributed by atoms with Crippen LogP contribution in [-0.4, -0.2) is 34.4 Å². The van der Waals surface area contributed by atoms with E-state index in [2.05, 4.69) is 36.1 Å². The number of ether oxygens (including phenoxy) is 2. The minimum Gasteiger partial charge on any atom is -0.495 e. The van der Waals surface area contributed by atoms with E-state index in [9.17, 15) is 0 Å². The molecule has 0 fully saturated rings. The van der Waals surface area contributed by atoms with Gasteiger partial charge >= 0.3 is 0 Å². The van der Waals surface area contributed by atoms with Crippen molar-refractivity contribution in [1.82, 2.24) is 20.2 Å². The molecule has 108 valence electrons. The van der Waals surface area contributed by atoms with Gasteiger partial charge in [0, 0.05) is 5.56 Å². The summed E-state index contributed by atoms with van der Waals surface area (Å²) in [7, 11) is 3.18. The second-order valence-electron chi connectivity index (χ2n) is 4.23. The molecule has 0 spiro atoms. The van der Waals surface area contributed by atoms with Crippen LogP contribution in [0, 0.1) is 0 Å². The number of hydrogen-bond donors (Lipinski definition) is 2. The van der Waals surface area contributed by atoms with E-state index < -0.39 is 0 Å². The quantitative estimate of drug-likeness (QED) is 0.753. The minimum atomic E-state index is 0.163. The lowest BCUT2D eigenvalue weighted by Crippen LogP contribution is -1.99. The molecule has 3 N–H and O–H groups in total. The van der Waals surface area contributed by atoms with Crippen molar-refractivity contribution in [3.63, 3.8) is 0 Å². The number of methoxy groups -OCH3 is 2. The fraction of sp³-hybridized carbons (Fsp3) is 0.154. The fourth-order valence-corrected chi connectivity index (χ4v) is 2.81. The van der Waals surface area contributed by atoms with Gasteiger partial charge in [0.2, 0.25) is 5.95 Å². The highest BCUT2D eigenvalue weighted by molar-refractivity contribution is 9.10. The largest absolute Gasteiger partial charge is 0.495 e. The zero-order valence-electron chi connectivity index (χ0n) is 11.3. The first-order valence-electron chi connectivity index (χ1n) is 6.03. The third-order valence-electron chi connectivity index (χ3n) is 3.07. The molecule has 0 aliphatic heterocycles. The highest BCUT2D eigenvalue weighted by atomic mass is 79.9. The van der Waals surface area contributed by atoms with Gasteiger partial charge in [-0.3, -0.25) is 5.10 Å². The van der Waals surface area contributed by atoms with Crippen LogP contribution < -0.4 is 15.2 Å². The van der Waals surface area contributed by atoms with Crippen LogP contribution in [0.1, 0.15) is 0 Å². The number of benzene rings is 1. The maximum Gasteiger partial charge on any atom is 0.222 e. The molecule has 0 bridgehead atoms. The Labute approximate surface area is 128 Å². The molecule has 21 heavy (non-hydrogen) atoms. The summed E-state index contributed by atoms with van der Waals surface area (Å²) in [6, 6.07) is 3.68.